The molecule has 3 nitrogen and oxygen atoms in total. The van der Waals surface area contributed by atoms with Gasteiger partial charge in [0.25, 0.3) is 0 Å². The summed E-state index contributed by atoms with van der Waals surface area (Å²) >= 11 is 16.6. The lowest BCUT2D eigenvalue weighted by Gasteiger charge is -2.06. The fourth-order valence-corrected chi connectivity index (χ4v) is 1.69. The van der Waals surface area contributed by atoms with Crippen molar-refractivity contribution in [2.75, 3.05) is 0 Å². The number of aromatic nitrogens is 1. The van der Waals surface area contributed by atoms with E-state index >= 15 is 0 Å². The molecule has 0 aliphatic rings. The van der Waals surface area contributed by atoms with E-state index in [0.29, 0.717) is 27.2 Å². The van der Waals surface area contributed by atoms with Crippen molar-refractivity contribution in [1.29, 1.82) is 0 Å². The Morgan fingerprint density at radius 1 is 1.17 bits per heavy atom. The molecule has 0 amide bonds. The van der Waals surface area contributed by atoms with E-state index in [2.05, 4.69) is 4.98 Å². The first-order valence-electron chi connectivity index (χ1n) is 4.95. The third-order valence-corrected chi connectivity index (χ3v) is 3.11. The van der Waals surface area contributed by atoms with Crippen LogP contribution in [0.25, 0.3) is 0 Å². The first-order chi connectivity index (χ1) is 8.56. The number of hydrogen-bond donors (Lipinski definition) is 1. The van der Waals surface area contributed by atoms with Crippen LogP contribution >= 0.6 is 35.4 Å². The standard InChI is InChI=1S/C12H8Cl2N2OS/c13-9-2-1-8(6-10(9)14)17-11-5-7(12(15)18)3-4-16-11/h1-6H,(H2,15,18). The molecule has 0 aliphatic carbocycles. The van der Waals surface area contributed by atoms with Crippen LogP contribution < -0.4 is 10.5 Å². The number of halogens is 2. The maximum Gasteiger partial charge on any atom is 0.219 e. The van der Waals surface area contributed by atoms with Crippen molar-refractivity contribution in [2.45, 2.75) is 0 Å². The Morgan fingerprint density at radius 2 is 1.94 bits per heavy atom. The number of nitrogens with two attached hydrogens (primary N) is 1. The van der Waals surface area contributed by atoms with Gasteiger partial charge >= 0.3 is 0 Å². The van der Waals surface area contributed by atoms with Crippen molar-refractivity contribution >= 4 is 40.4 Å². The first kappa shape index (κ1) is 13.1. The molecule has 1 aromatic heterocycles. The van der Waals surface area contributed by atoms with E-state index < -0.39 is 0 Å². The predicted octanol–water partition coefficient (Wildman–Crippen LogP) is 3.81. The summed E-state index contributed by atoms with van der Waals surface area (Å²) in [5.41, 5.74) is 6.22. The lowest BCUT2D eigenvalue weighted by atomic mass is 10.3. The zero-order valence-corrected chi connectivity index (χ0v) is 11.4. The minimum atomic E-state index is 0.288. The van der Waals surface area contributed by atoms with E-state index in [9.17, 15) is 0 Å². The molecular formula is C12H8Cl2N2OS. The fraction of sp³-hybridized carbons (Fsp3) is 0. The number of ether oxygens (including phenoxy) is 1. The number of nitrogens with zero attached hydrogens (tertiary/aromatic N) is 1. The van der Waals surface area contributed by atoms with Gasteiger partial charge in [0.2, 0.25) is 5.88 Å². The minimum absolute atomic E-state index is 0.288. The van der Waals surface area contributed by atoms with Crippen LogP contribution in [0.5, 0.6) is 11.6 Å². The number of rotatable bonds is 3. The summed E-state index contributed by atoms with van der Waals surface area (Å²) < 4.78 is 5.54. The molecule has 0 unspecified atom stereocenters. The molecule has 0 aliphatic heterocycles. The van der Waals surface area contributed by atoms with E-state index in [0.717, 1.165) is 0 Å². The highest BCUT2D eigenvalue weighted by Crippen LogP contribution is 2.28. The molecular weight excluding hydrogens is 291 g/mol. The SMILES string of the molecule is NC(=S)c1ccnc(Oc2ccc(Cl)c(Cl)c2)c1. The maximum atomic E-state index is 5.89. The molecule has 18 heavy (non-hydrogen) atoms. The van der Waals surface area contributed by atoms with Gasteiger partial charge in [-0.2, -0.15) is 0 Å². The number of pyridine rings is 1. The van der Waals surface area contributed by atoms with Crippen molar-refractivity contribution in [1.82, 2.24) is 4.98 Å². The minimum Gasteiger partial charge on any atom is -0.439 e. The Balaban J connectivity index is 2.25. The van der Waals surface area contributed by atoms with E-state index in [1.807, 2.05) is 0 Å². The molecule has 6 heteroatoms. The second-order valence-corrected chi connectivity index (χ2v) is 4.68. The zero-order chi connectivity index (χ0) is 13.1. The molecule has 1 aromatic carbocycles. The molecule has 0 radical (unpaired) electrons. The van der Waals surface area contributed by atoms with Crippen LogP contribution in [0, 0.1) is 0 Å². The van der Waals surface area contributed by atoms with Crippen LogP contribution in [-0.2, 0) is 0 Å². The molecule has 0 saturated carbocycles. The molecule has 0 bridgehead atoms. The van der Waals surface area contributed by atoms with Crippen LogP contribution in [-0.4, -0.2) is 9.97 Å². The highest BCUT2D eigenvalue weighted by atomic mass is 35.5. The highest BCUT2D eigenvalue weighted by molar-refractivity contribution is 7.80. The Labute approximate surface area is 119 Å². The Bertz CT molecular complexity index is 604. The van der Waals surface area contributed by atoms with Crippen LogP contribution in [0.2, 0.25) is 10.0 Å². The quantitative estimate of drug-likeness (QED) is 0.875. The van der Waals surface area contributed by atoms with Crippen LogP contribution in [0.3, 0.4) is 0 Å². The summed E-state index contributed by atoms with van der Waals surface area (Å²) in [6, 6.07) is 8.33. The van der Waals surface area contributed by atoms with E-state index in [1.54, 1.807) is 36.5 Å². The van der Waals surface area contributed by atoms with Gasteiger partial charge in [0.1, 0.15) is 10.7 Å². The van der Waals surface area contributed by atoms with E-state index in [-0.39, 0.29) is 4.99 Å². The van der Waals surface area contributed by atoms with Gasteiger partial charge in [-0.3, -0.25) is 0 Å². The topological polar surface area (TPSA) is 48.1 Å². The van der Waals surface area contributed by atoms with Gasteiger partial charge in [-0.25, -0.2) is 4.98 Å². The maximum absolute atomic E-state index is 5.89. The average Bonchev–Trinajstić information content (AvgIpc) is 2.34. The summed E-state index contributed by atoms with van der Waals surface area (Å²) in [5.74, 6) is 0.927. The van der Waals surface area contributed by atoms with Crippen LogP contribution in [0.1, 0.15) is 5.56 Å². The van der Waals surface area contributed by atoms with Gasteiger partial charge in [-0.1, -0.05) is 35.4 Å². The molecule has 2 aromatic rings. The van der Waals surface area contributed by atoms with Crippen LogP contribution in [0.15, 0.2) is 36.5 Å². The second kappa shape index (κ2) is 5.52. The van der Waals surface area contributed by atoms with Crippen molar-refractivity contribution in [3.63, 3.8) is 0 Å². The average molecular weight is 299 g/mol. The molecule has 2 rings (SSSR count). The Kier molecular flexibility index (Phi) is 4.01. The van der Waals surface area contributed by atoms with Gasteiger partial charge in [0.15, 0.2) is 0 Å². The fourth-order valence-electron chi connectivity index (χ4n) is 1.28. The third-order valence-electron chi connectivity index (χ3n) is 2.13. The van der Waals surface area contributed by atoms with Crippen LogP contribution in [0.4, 0.5) is 0 Å². The Morgan fingerprint density at radius 3 is 2.61 bits per heavy atom. The van der Waals surface area contributed by atoms with Gasteiger partial charge in [-0.15, -0.1) is 0 Å². The molecule has 0 fully saturated rings. The number of benzene rings is 1. The second-order valence-electron chi connectivity index (χ2n) is 3.42. The Hall–Kier alpha value is -1.36. The zero-order valence-electron chi connectivity index (χ0n) is 9.06. The summed E-state index contributed by atoms with van der Waals surface area (Å²) in [6.45, 7) is 0. The molecule has 0 saturated heterocycles. The van der Waals surface area contributed by atoms with E-state index in [1.165, 1.54) is 0 Å². The van der Waals surface area contributed by atoms with Gasteiger partial charge in [0.05, 0.1) is 10.0 Å². The molecule has 0 spiro atoms. The summed E-state index contributed by atoms with van der Waals surface area (Å²) in [6.07, 6.45) is 1.57. The lowest BCUT2D eigenvalue weighted by Crippen LogP contribution is -2.09. The lowest BCUT2D eigenvalue weighted by molar-refractivity contribution is 0.463. The van der Waals surface area contributed by atoms with Gasteiger partial charge in [0, 0.05) is 23.9 Å². The third kappa shape index (κ3) is 3.10. The van der Waals surface area contributed by atoms with Crippen molar-refractivity contribution < 1.29 is 4.74 Å². The van der Waals surface area contributed by atoms with Gasteiger partial charge < -0.3 is 10.5 Å². The molecule has 92 valence electrons. The molecule has 0 atom stereocenters. The summed E-state index contributed by atoms with van der Waals surface area (Å²) in [7, 11) is 0. The van der Waals surface area contributed by atoms with Gasteiger partial charge in [-0.05, 0) is 18.2 Å². The highest BCUT2D eigenvalue weighted by Gasteiger charge is 2.04. The smallest absolute Gasteiger partial charge is 0.219 e. The number of hydrogen-bond acceptors (Lipinski definition) is 3. The molecule has 1 heterocycles. The predicted molar refractivity (Wildman–Crippen MR) is 76.7 cm³/mol. The monoisotopic (exact) mass is 298 g/mol. The normalized spacial score (nSPS) is 10.1. The van der Waals surface area contributed by atoms with Crippen molar-refractivity contribution in [3.05, 3.63) is 52.1 Å². The summed E-state index contributed by atoms with van der Waals surface area (Å²) in [5, 5.41) is 0.883. The number of thiocarbonyl (C=S) groups is 1. The first-order valence-corrected chi connectivity index (χ1v) is 6.11. The van der Waals surface area contributed by atoms with E-state index in [4.69, 9.17) is 45.9 Å². The molecule has 2 N–H and O–H groups in total. The largest absolute Gasteiger partial charge is 0.439 e. The van der Waals surface area contributed by atoms with Crippen molar-refractivity contribution in [3.8, 4) is 11.6 Å². The summed E-state index contributed by atoms with van der Waals surface area (Å²) in [4.78, 5) is 4.34. The van der Waals surface area contributed by atoms with Crippen molar-refractivity contribution in [2.24, 2.45) is 5.73 Å².